The summed E-state index contributed by atoms with van der Waals surface area (Å²) in [5, 5.41) is 10.6. The predicted octanol–water partition coefficient (Wildman–Crippen LogP) is 3.42. The monoisotopic (exact) mass is 345 g/mol. The number of benzene rings is 1. The van der Waals surface area contributed by atoms with Gasteiger partial charge in [0.2, 0.25) is 0 Å². The van der Waals surface area contributed by atoms with Gasteiger partial charge in [-0.15, -0.1) is 0 Å². The summed E-state index contributed by atoms with van der Waals surface area (Å²) in [6.45, 7) is 0. The highest BCUT2D eigenvalue weighted by Gasteiger charge is 2.17. The number of aliphatic hydroxyl groups is 1. The van der Waals surface area contributed by atoms with Crippen molar-refractivity contribution in [3.05, 3.63) is 62.4 Å². The summed E-state index contributed by atoms with van der Waals surface area (Å²) in [6.07, 6.45) is 0.903. The second-order valence-electron chi connectivity index (χ2n) is 3.31. The van der Waals surface area contributed by atoms with Crippen LogP contribution in [0.2, 0.25) is 5.15 Å². The molecule has 1 aromatic heterocycles. The van der Waals surface area contributed by atoms with E-state index in [1.54, 1.807) is 6.20 Å². The van der Waals surface area contributed by atoms with Crippen molar-refractivity contribution in [1.29, 1.82) is 0 Å². The molecule has 0 fully saturated rings. The van der Waals surface area contributed by atoms with Crippen molar-refractivity contribution >= 4 is 34.2 Å². The maximum Gasteiger partial charge on any atom is 0.136 e. The number of nitrogens with zero attached hydrogens (tertiary/aromatic N) is 1. The van der Waals surface area contributed by atoms with E-state index in [4.69, 9.17) is 11.6 Å². The standard InChI is InChI=1S/C12H9ClINO/c13-12-10(9(14)6-7-15-12)11(16)8-4-2-1-3-5-8/h1-7,11,16H. The van der Waals surface area contributed by atoms with Gasteiger partial charge in [-0.05, 0) is 34.2 Å². The van der Waals surface area contributed by atoms with E-state index in [1.807, 2.05) is 36.4 Å². The molecule has 0 radical (unpaired) electrons. The molecular formula is C12H9ClINO. The van der Waals surface area contributed by atoms with Crippen molar-refractivity contribution in [2.45, 2.75) is 6.10 Å². The van der Waals surface area contributed by atoms with Gasteiger partial charge < -0.3 is 5.11 Å². The second kappa shape index (κ2) is 5.12. The maximum absolute atomic E-state index is 10.2. The molecule has 1 N–H and O–H groups in total. The van der Waals surface area contributed by atoms with Gasteiger partial charge in [-0.25, -0.2) is 4.98 Å². The molecule has 0 aliphatic rings. The van der Waals surface area contributed by atoms with Gasteiger partial charge in [0, 0.05) is 15.3 Å². The molecule has 16 heavy (non-hydrogen) atoms. The largest absolute Gasteiger partial charge is 0.384 e. The van der Waals surface area contributed by atoms with Crippen LogP contribution in [0.25, 0.3) is 0 Å². The molecule has 0 saturated heterocycles. The molecule has 1 atom stereocenters. The first-order valence-electron chi connectivity index (χ1n) is 4.73. The van der Waals surface area contributed by atoms with E-state index >= 15 is 0 Å². The number of aromatic nitrogens is 1. The molecule has 0 aliphatic carbocycles. The molecule has 0 saturated carbocycles. The number of hydrogen-bond donors (Lipinski definition) is 1. The van der Waals surface area contributed by atoms with Crippen LogP contribution in [-0.2, 0) is 0 Å². The SMILES string of the molecule is OC(c1ccccc1)c1c(I)ccnc1Cl. The lowest BCUT2D eigenvalue weighted by Crippen LogP contribution is -2.03. The van der Waals surface area contributed by atoms with E-state index in [2.05, 4.69) is 27.6 Å². The van der Waals surface area contributed by atoms with E-state index in [9.17, 15) is 5.11 Å². The lowest BCUT2D eigenvalue weighted by atomic mass is 10.0. The fourth-order valence-corrected chi connectivity index (χ4v) is 2.60. The summed E-state index contributed by atoms with van der Waals surface area (Å²) in [6, 6.07) is 11.2. The van der Waals surface area contributed by atoms with Gasteiger partial charge >= 0.3 is 0 Å². The maximum atomic E-state index is 10.2. The van der Waals surface area contributed by atoms with Crippen molar-refractivity contribution in [1.82, 2.24) is 4.98 Å². The van der Waals surface area contributed by atoms with Crippen molar-refractivity contribution < 1.29 is 5.11 Å². The normalized spacial score (nSPS) is 12.4. The molecule has 1 aromatic carbocycles. The van der Waals surface area contributed by atoms with Crippen LogP contribution in [-0.4, -0.2) is 10.1 Å². The van der Waals surface area contributed by atoms with Gasteiger partial charge in [0.25, 0.3) is 0 Å². The van der Waals surface area contributed by atoms with E-state index in [0.717, 1.165) is 9.13 Å². The summed E-state index contributed by atoms with van der Waals surface area (Å²) in [4.78, 5) is 3.99. The van der Waals surface area contributed by atoms with E-state index in [0.29, 0.717) is 10.7 Å². The highest BCUT2D eigenvalue weighted by molar-refractivity contribution is 14.1. The minimum atomic E-state index is -0.728. The topological polar surface area (TPSA) is 33.1 Å². The molecule has 2 aromatic rings. The average molecular weight is 346 g/mol. The molecule has 1 unspecified atom stereocenters. The fraction of sp³-hybridized carbons (Fsp3) is 0.0833. The predicted molar refractivity (Wildman–Crippen MR) is 72.5 cm³/mol. The van der Waals surface area contributed by atoms with Crippen molar-refractivity contribution in [2.24, 2.45) is 0 Å². The number of rotatable bonds is 2. The molecule has 1 heterocycles. The molecule has 0 aliphatic heterocycles. The van der Waals surface area contributed by atoms with Crippen LogP contribution in [0.5, 0.6) is 0 Å². The second-order valence-corrected chi connectivity index (χ2v) is 4.83. The summed E-state index contributed by atoms with van der Waals surface area (Å²) >= 11 is 8.14. The Labute approximate surface area is 112 Å². The van der Waals surface area contributed by atoms with Gasteiger partial charge in [-0.1, -0.05) is 41.9 Å². The van der Waals surface area contributed by atoms with Gasteiger partial charge in [-0.3, -0.25) is 0 Å². The molecule has 4 heteroatoms. The number of pyridine rings is 1. The minimum Gasteiger partial charge on any atom is -0.384 e. The first-order chi connectivity index (χ1) is 7.70. The molecule has 82 valence electrons. The van der Waals surface area contributed by atoms with Crippen LogP contribution in [0.15, 0.2) is 42.6 Å². The van der Waals surface area contributed by atoms with Crippen LogP contribution < -0.4 is 0 Å². The van der Waals surface area contributed by atoms with E-state index < -0.39 is 6.10 Å². The Morgan fingerprint density at radius 3 is 2.50 bits per heavy atom. The highest BCUT2D eigenvalue weighted by Crippen LogP contribution is 2.30. The molecule has 2 nitrogen and oxygen atoms in total. The van der Waals surface area contributed by atoms with Crippen LogP contribution in [0.1, 0.15) is 17.2 Å². The quantitative estimate of drug-likeness (QED) is 0.668. The van der Waals surface area contributed by atoms with Gasteiger partial charge in [0.15, 0.2) is 0 Å². The zero-order valence-corrected chi connectivity index (χ0v) is 11.2. The Morgan fingerprint density at radius 1 is 1.19 bits per heavy atom. The summed E-state index contributed by atoms with van der Waals surface area (Å²) in [7, 11) is 0. The molecule has 0 amide bonds. The summed E-state index contributed by atoms with van der Waals surface area (Å²) in [5.41, 5.74) is 1.48. The number of halogens is 2. The van der Waals surface area contributed by atoms with Gasteiger partial charge in [0.1, 0.15) is 11.3 Å². The Bertz CT molecular complexity index is 469. The zero-order valence-electron chi connectivity index (χ0n) is 8.27. The van der Waals surface area contributed by atoms with Crippen LogP contribution in [0.4, 0.5) is 0 Å². The van der Waals surface area contributed by atoms with E-state index in [1.165, 1.54) is 0 Å². The number of aliphatic hydroxyl groups excluding tert-OH is 1. The van der Waals surface area contributed by atoms with Crippen molar-refractivity contribution in [2.75, 3.05) is 0 Å². The molecule has 0 spiro atoms. The van der Waals surface area contributed by atoms with Gasteiger partial charge in [-0.2, -0.15) is 0 Å². The molecule has 0 bridgehead atoms. The lowest BCUT2D eigenvalue weighted by Gasteiger charge is -2.14. The summed E-state index contributed by atoms with van der Waals surface area (Å²) in [5.74, 6) is 0. The smallest absolute Gasteiger partial charge is 0.136 e. The van der Waals surface area contributed by atoms with Crippen LogP contribution in [0, 0.1) is 3.57 Å². The Balaban J connectivity index is 2.46. The van der Waals surface area contributed by atoms with Crippen LogP contribution >= 0.6 is 34.2 Å². The first-order valence-corrected chi connectivity index (χ1v) is 6.18. The number of hydrogen-bond acceptors (Lipinski definition) is 2. The Hall–Kier alpha value is -0.650. The Kier molecular flexibility index (Phi) is 3.78. The lowest BCUT2D eigenvalue weighted by molar-refractivity contribution is 0.219. The first kappa shape index (κ1) is 11.8. The minimum absolute atomic E-state index is 0.350. The van der Waals surface area contributed by atoms with Crippen molar-refractivity contribution in [3.8, 4) is 0 Å². The van der Waals surface area contributed by atoms with Gasteiger partial charge in [0.05, 0.1) is 0 Å². The Morgan fingerprint density at radius 2 is 1.88 bits per heavy atom. The molecular weight excluding hydrogens is 336 g/mol. The third-order valence-corrected chi connectivity index (χ3v) is 3.52. The molecule has 2 rings (SSSR count). The fourth-order valence-electron chi connectivity index (χ4n) is 1.47. The zero-order chi connectivity index (χ0) is 11.5. The van der Waals surface area contributed by atoms with E-state index in [-0.39, 0.29) is 0 Å². The van der Waals surface area contributed by atoms with Crippen LogP contribution in [0.3, 0.4) is 0 Å². The highest BCUT2D eigenvalue weighted by atomic mass is 127. The third-order valence-electron chi connectivity index (χ3n) is 2.28. The average Bonchev–Trinajstić information content (AvgIpc) is 2.30. The van der Waals surface area contributed by atoms with Crippen molar-refractivity contribution in [3.63, 3.8) is 0 Å². The third kappa shape index (κ3) is 2.36. The summed E-state index contributed by atoms with van der Waals surface area (Å²) < 4.78 is 0.911.